The summed E-state index contributed by atoms with van der Waals surface area (Å²) in [5.74, 6) is 0. The van der Waals surface area contributed by atoms with Gasteiger partial charge in [0.05, 0.1) is 40.2 Å². The van der Waals surface area contributed by atoms with Gasteiger partial charge in [-0.2, -0.15) is 10.5 Å². The van der Waals surface area contributed by atoms with Crippen LogP contribution in [0.3, 0.4) is 0 Å². The fourth-order valence-corrected chi connectivity index (χ4v) is 5.11. The van der Waals surface area contributed by atoms with Crippen molar-refractivity contribution < 1.29 is 0 Å². The summed E-state index contributed by atoms with van der Waals surface area (Å²) in [5, 5.41) is 18.6. The maximum absolute atomic E-state index is 9.28. The van der Waals surface area contributed by atoms with Crippen molar-refractivity contribution in [3.05, 3.63) is 114 Å². The normalized spacial score (nSPS) is 11.4. The molecule has 1 aliphatic rings. The van der Waals surface area contributed by atoms with Gasteiger partial charge in [-0.05, 0) is 90.0 Å². The average Bonchev–Trinajstić information content (AvgIpc) is 3.79. The number of nitriles is 2. The van der Waals surface area contributed by atoms with Crippen LogP contribution in [-0.2, 0) is 0 Å². The number of aromatic amines is 3. The van der Waals surface area contributed by atoms with Crippen LogP contribution in [0, 0.1) is 22.7 Å². The second kappa shape index (κ2) is 8.92. The second-order valence-electron chi connectivity index (χ2n) is 9.43. The molecule has 2 aromatic carbocycles. The fourth-order valence-electron chi connectivity index (χ4n) is 5.11. The molecular formula is C33H20N6. The maximum atomic E-state index is 9.28. The molecule has 6 aromatic rings. The highest BCUT2D eigenvalue weighted by Crippen LogP contribution is 2.32. The Kier molecular flexibility index (Phi) is 5.11. The lowest BCUT2D eigenvalue weighted by atomic mass is 10.0. The van der Waals surface area contributed by atoms with Crippen LogP contribution in [0.5, 0.6) is 0 Å². The summed E-state index contributed by atoms with van der Waals surface area (Å²) in [5.41, 5.74) is 12.5. The number of H-pyrrole nitrogens is 3. The maximum Gasteiger partial charge on any atom is 0.0991 e. The second-order valence-corrected chi connectivity index (χ2v) is 9.43. The SMILES string of the molecule is N#Cc1ccc(-c2c3nc(c4ccc([nH]4)c(-c4ccc(C#N)cc4)c4ccc(cc5ccc2[nH]5)[nH]4)C=C3)cc1. The summed E-state index contributed by atoms with van der Waals surface area (Å²) in [7, 11) is 0. The average molecular weight is 501 g/mol. The Morgan fingerprint density at radius 2 is 0.974 bits per heavy atom. The molecule has 8 bridgehead atoms. The third-order valence-corrected chi connectivity index (χ3v) is 7.00. The Morgan fingerprint density at radius 3 is 1.59 bits per heavy atom. The van der Waals surface area contributed by atoms with Gasteiger partial charge in [0.1, 0.15) is 0 Å². The van der Waals surface area contributed by atoms with Crippen LogP contribution in [0.15, 0.2) is 91.0 Å². The summed E-state index contributed by atoms with van der Waals surface area (Å²) in [6, 6.07) is 34.0. The van der Waals surface area contributed by atoms with E-state index in [9.17, 15) is 10.5 Å². The number of nitrogens with one attached hydrogen (secondary N) is 3. The summed E-state index contributed by atoms with van der Waals surface area (Å²) in [6.45, 7) is 0. The Hall–Kier alpha value is -5.85. The van der Waals surface area contributed by atoms with Gasteiger partial charge in [-0.15, -0.1) is 0 Å². The zero-order valence-corrected chi connectivity index (χ0v) is 20.7. The zero-order chi connectivity index (χ0) is 26.3. The van der Waals surface area contributed by atoms with Crippen LogP contribution in [0.25, 0.3) is 67.5 Å². The minimum absolute atomic E-state index is 0.615. The van der Waals surface area contributed by atoms with E-state index in [1.165, 1.54) is 0 Å². The first-order valence-electron chi connectivity index (χ1n) is 12.5. The van der Waals surface area contributed by atoms with Gasteiger partial charge in [0.2, 0.25) is 0 Å². The van der Waals surface area contributed by atoms with E-state index in [1.807, 2.05) is 66.7 Å². The van der Waals surface area contributed by atoms with Crippen LogP contribution < -0.4 is 0 Å². The van der Waals surface area contributed by atoms with Crippen molar-refractivity contribution in [2.24, 2.45) is 0 Å². The molecule has 0 atom stereocenters. The van der Waals surface area contributed by atoms with Gasteiger partial charge < -0.3 is 15.0 Å². The highest BCUT2D eigenvalue weighted by molar-refractivity contribution is 5.96. The van der Waals surface area contributed by atoms with E-state index in [-0.39, 0.29) is 0 Å². The first kappa shape index (κ1) is 22.4. The number of hydrogen-bond donors (Lipinski definition) is 3. The molecule has 0 spiro atoms. The third-order valence-electron chi connectivity index (χ3n) is 7.00. The van der Waals surface area contributed by atoms with E-state index < -0.39 is 0 Å². The lowest BCUT2D eigenvalue weighted by Crippen LogP contribution is -1.86. The van der Waals surface area contributed by atoms with Crippen molar-refractivity contribution in [1.82, 2.24) is 19.9 Å². The first-order chi connectivity index (χ1) is 19.2. The largest absolute Gasteiger partial charge is 0.355 e. The summed E-state index contributed by atoms with van der Waals surface area (Å²) < 4.78 is 0. The molecule has 4 aromatic heterocycles. The smallest absolute Gasteiger partial charge is 0.0991 e. The molecule has 182 valence electrons. The molecule has 5 heterocycles. The fraction of sp³-hybridized carbons (Fsp3) is 0. The van der Waals surface area contributed by atoms with Gasteiger partial charge >= 0.3 is 0 Å². The van der Waals surface area contributed by atoms with Crippen molar-refractivity contribution in [3.63, 3.8) is 0 Å². The van der Waals surface area contributed by atoms with Gasteiger partial charge in [0.25, 0.3) is 0 Å². The molecule has 0 saturated carbocycles. The number of nitrogens with zero attached hydrogens (tertiary/aromatic N) is 3. The van der Waals surface area contributed by atoms with Crippen molar-refractivity contribution >= 4 is 45.3 Å². The molecule has 0 aliphatic carbocycles. The van der Waals surface area contributed by atoms with Crippen molar-refractivity contribution in [2.75, 3.05) is 0 Å². The van der Waals surface area contributed by atoms with E-state index in [2.05, 4.69) is 63.5 Å². The Balaban J connectivity index is 1.57. The van der Waals surface area contributed by atoms with Crippen LogP contribution in [0.4, 0.5) is 0 Å². The lowest BCUT2D eigenvalue weighted by Gasteiger charge is -2.04. The molecule has 39 heavy (non-hydrogen) atoms. The van der Waals surface area contributed by atoms with E-state index in [0.29, 0.717) is 11.1 Å². The molecule has 0 saturated heterocycles. The molecule has 0 amide bonds. The van der Waals surface area contributed by atoms with Gasteiger partial charge in [0.15, 0.2) is 0 Å². The van der Waals surface area contributed by atoms with Gasteiger partial charge in [0, 0.05) is 38.7 Å². The van der Waals surface area contributed by atoms with E-state index in [0.717, 1.165) is 66.7 Å². The van der Waals surface area contributed by atoms with E-state index in [4.69, 9.17) is 4.98 Å². The van der Waals surface area contributed by atoms with Crippen LogP contribution in [0.2, 0.25) is 0 Å². The minimum atomic E-state index is 0.615. The molecule has 6 nitrogen and oxygen atoms in total. The molecule has 3 N–H and O–H groups in total. The Bertz CT molecular complexity index is 2120. The summed E-state index contributed by atoms with van der Waals surface area (Å²) >= 11 is 0. The number of aromatic nitrogens is 4. The predicted molar refractivity (Wildman–Crippen MR) is 155 cm³/mol. The van der Waals surface area contributed by atoms with E-state index in [1.54, 1.807) is 0 Å². The van der Waals surface area contributed by atoms with Gasteiger partial charge in [-0.3, -0.25) is 0 Å². The molecule has 0 fully saturated rings. The highest BCUT2D eigenvalue weighted by Gasteiger charge is 2.13. The van der Waals surface area contributed by atoms with Crippen LogP contribution in [-0.4, -0.2) is 19.9 Å². The third kappa shape index (κ3) is 3.94. The number of hydrogen-bond acceptors (Lipinski definition) is 3. The van der Waals surface area contributed by atoms with Crippen LogP contribution >= 0.6 is 0 Å². The van der Waals surface area contributed by atoms with Crippen molar-refractivity contribution in [2.45, 2.75) is 0 Å². The Labute approximate surface area is 223 Å². The molecule has 0 radical (unpaired) electrons. The quantitative estimate of drug-likeness (QED) is 0.226. The predicted octanol–water partition coefficient (Wildman–Crippen LogP) is 7.77. The number of fused-ring (bicyclic) bond motifs is 9. The lowest BCUT2D eigenvalue weighted by molar-refractivity contribution is 1.32. The van der Waals surface area contributed by atoms with Gasteiger partial charge in [-0.25, -0.2) is 4.98 Å². The minimum Gasteiger partial charge on any atom is -0.355 e. The molecule has 6 heteroatoms. The molecular weight excluding hydrogens is 480 g/mol. The molecule has 1 aliphatic heterocycles. The molecule has 7 rings (SSSR count). The Morgan fingerprint density at radius 1 is 0.487 bits per heavy atom. The van der Waals surface area contributed by atoms with Crippen LogP contribution in [0.1, 0.15) is 22.5 Å². The van der Waals surface area contributed by atoms with E-state index >= 15 is 0 Å². The summed E-state index contributed by atoms with van der Waals surface area (Å²) in [6.07, 6.45) is 4.05. The van der Waals surface area contributed by atoms with Crippen molar-refractivity contribution in [3.8, 4) is 34.4 Å². The number of rotatable bonds is 2. The summed E-state index contributed by atoms with van der Waals surface area (Å²) in [4.78, 5) is 15.7. The zero-order valence-electron chi connectivity index (χ0n) is 20.7. The standard InChI is InChI=1S/C33H20N6/c34-18-20-1-5-22(6-2-20)32-28-11-9-24(36-28)17-25-10-12-29(37-25)33(23-7-3-21(19-35)4-8-23)31-16-14-27(39-31)26-13-15-30(32)38-26/h1-17,36-38H. The highest BCUT2D eigenvalue weighted by atomic mass is 14.8. The van der Waals surface area contributed by atoms with Crippen molar-refractivity contribution in [1.29, 1.82) is 10.5 Å². The molecule has 0 unspecified atom stereocenters. The monoisotopic (exact) mass is 500 g/mol. The van der Waals surface area contributed by atoms with Gasteiger partial charge in [-0.1, -0.05) is 24.3 Å². The topological polar surface area (TPSA) is 108 Å². The number of benzene rings is 2. The first-order valence-corrected chi connectivity index (χ1v) is 12.5.